The fraction of sp³-hybridized carbons (Fsp3) is 1.00. The highest BCUT2D eigenvalue weighted by molar-refractivity contribution is 6.08. The number of unbranched alkanes of at least 4 members (excludes halogenated alkanes) is 7. The van der Waals surface area contributed by atoms with Crippen molar-refractivity contribution in [2.45, 2.75) is 64.6 Å². The summed E-state index contributed by atoms with van der Waals surface area (Å²) in [5, 5.41) is 0. The first-order valence-electron chi connectivity index (χ1n) is 5.41. The second-order valence-electron chi connectivity index (χ2n) is 3.47. The van der Waals surface area contributed by atoms with Gasteiger partial charge in [-0.25, -0.2) is 0 Å². The molecule has 0 aromatic carbocycles. The summed E-state index contributed by atoms with van der Waals surface area (Å²) in [6.07, 6.45) is 13.0. The molecule has 0 spiro atoms. The molecule has 0 atom stereocenters. The van der Waals surface area contributed by atoms with Gasteiger partial charge in [-0.3, -0.25) is 0 Å². The van der Waals surface area contributed by atoms with Crippen molar-refractivity contribution < 1.29 is 0 Å². The van der Waals surface area contributed by atoms with Gasteiger partial charge in [-0.2, -0.15) is 0 Å². The van der Waals surface area contributed by atoms with Gasteiger partial charge in [-0.15, -0.1) is 0 Å². The summed E-state index contributed by atoms with van der Waals surface area (Å²) in [4.78, 5) is 0. The van der Waals surface area contributed by atoms with Crippen LogP contribution < -0.4 is 0 Å². The third-order valence-corrected chi connectivity index (χ3v) is 2.21. The number of rotatable bonds is 8. The molecule has 0 rings (SSSR count). The minimum absolute atomic E-state index is 1.37. The van der Waals surface area contributed by atoms with E-state index in [1.807, 2.05) is 0 Å². The summed E-state index contributed by atoms with van der Waals surface area (Å²) in [6, 6.07) is 0. The highest BCUT2D eigenvalue weighted by atomic mass is 13.9. The Bertz CT molecular complexity index is 53.9. The Morgan fingerprint density at radius 2 is 1.18 bits per heavy atom. The van der Waals surface area contributed by atoms with E-state index in [1.54, 1.807) is 0 Å². The average Bonchev–Trinajstić information content (AvgIpc) is 2.03. The average molecular weight is 154 g/mol. The van der Waals surface area contributed by atoms with E-state index in [1.165, 1.54) is 57.7 Å². The van der Waals surface area contributed by atoms with Crippen LogP contribution in [0.1, 0.15) is 58.3 Å². The monoisotopic (exact) mass is 154 g/mol. The van der Waals surface area contributed by atoms with Crippen LogP contribution >= 0.6 is 0 Å². The lowest BCUT2D eigenvalue weighted by molar-refractivity contribution is 0.585. The molecule has 66 valence electrons. The van der Waals surface area contributed by atoms with E-state index in [9.17, 15) is 0 Å². The molecule has 11 heavy (non-hydrogen) atoms. The molecular formula is C10H23B. The third kappa shape index (κ3) is 10.1. The lowest BCUT2D eigenvalue weighted by atomic mass is 9.98. The minimum atomic E-state index is 1.37. The molecule has 0 fully saturated rings. The van der Waals surface area contributed by atoms with Crippen LogP contribution in [0.2, 0.25) is 6.32 Å². The summed E-state index contributed by atoms with van der Waals surface area (Å²) in [5.41, 5.74) is 0. The van der Waals surface area contributed by atoms with Crippen molar-refractivity contribution in [2.75, 3.05) is 0 Å². The van der Waals surface area contributed by atoms with Crippen molar-refractivity contribution in [2.24, 2.45) is 0 Å². The summed E-state index contributed by atoms with van der Waals surface area (Å²) in [7, 11) is 2.27. The topological polar surface area (TPSA) is 0 Å². The van der Waals surface area contributed by atoms with Gasteiger partial charge in [0.15, 0.2) is 0 Å². The predicted octanol–water partition coefficient (Wildman–Crippen LogP) is 3.18. The third-order valence-electron chi connectivity index (χ3n) is 2.21. The maximum Gasteiger partial charge on any atom is 0.101 e. The molecule has 0 unspecified atom stereocenters. The lowest BCUT2D eigenvalue weighted by Crippen LogP contribution is -1.79. The van der Waals surface area contributed by atoms with Gasteiger partial charge in [-0.05, 0) is 0 Å². The molecule has 0 N–H and O–H groups in total. The van der Waals surface area contributed by atoms with E-state index in [0.717, 1.165) is 0 Å². The summed E-state index contributed by atoms with van der Waals surface area (Å²) < 4.78 is 0. The highest BCUT2D eigenvalue weighted by Crippen LogP contribution is 2.08. The Morgan fingerprint density at radius 1 is 0.727 bits per heavy atom. The molecule has 0 nitrogen and oxygen atoms in total. The van der Waals surface area contributed by atoms with Crippen LogP contribution in [0, 0.1) is 0 Å². The van der Waals surface area contributed by atoms with Crippen LogP contribution in [-0.4, -0.2) is 7.85 Å². The number of hydrogen-bond acceptors (Lipinski definition) is 0. The molecule has 0 saturated heterocycles. The molecule has 0 saturated carbocycles. The van der Waals surface area contributed by atoms with E-state index in [2.05, 4.69) is 14.8 Å². The van der Waals surface area contributed by atoms with Crippen molar-refractivity contribution in [1.29, 1.82) is 0 Å². The molecule has 0 aliphatic rings. The van der Waals surface area contributed by atoms with E-state index in [4.69, 9.17) is 0 Å². The first-order chi connectivity index (χ1) is 5.41. The summed E-state index contributed by atoms with van der Waals surface area (Å²) in [5.74, 6) is 0. The quantitative estimate of drug-likeness (QED) is 0.372. The largest absolute Gasteiger partial charge is 0.101 e. The van der Waals surface area contributed by atoms with Crippen LogP contribution in [0.3, 0.4) is 0 Å². The predicted molar refractivity (Wildman–Crippen MR) is 56.0 cm³/mol. The SMILES string of the molecule is BCCCCCCCCCC. The van der Waals surface area contributed by atoms with Crippen molar-refractivity contribution in [1.82, 2.24) is 0 Å². The van der Waals surface area contributed by atoms with E-state index in [-0.39, 0.29) is 0 Å². The zero-order valence-electron chi connectivity index (χ0n) is 8.36. The Labute approximate surface area is 73.2 Å². The van der Waals surface area contributed by atoms with Crippen LogP contribution in [0.5, 0.6) is 0 Å². The standard InChI is InChI=1S/C10H23B/c1-2-3-4-5-6-7-8-9-10-11/h2-11H2,1H3. The molecule has 0 aliphatic heterocycles. The highest BCUT2D eigenvalue weighted by Gasteiger charge is 1.89. The smallest absolute Gasteiger partial charge is 0.0811 e. The molecule has 0 aromatic rings. The molecule has 0 heterocycles. The summed E-state index contributed by atoms with van der Waals surface area (Å²) >= 11 is 0. The van der Waals surface area contributed by atoms with Gasteiger partial charge < -0.3 is 0 Å². The maximum absolute atomic E-state index is 2.27. The Kier molecular flexibility index (Phi) is 10.1. The fourth-order valence-electron chi connectivity index (χ4n) is 1.38. The lowest BCUT2D eigenvalue weighted by Gasteiger charge is -1.98. The van der Waals surface area contributed by atoms with Crippen LogP contribution in [0.25, 0.3) is 0 Å². The van der Waals surface area contributed by atoms with Crippen molar-refractivity contribution in [3.05, 3.63) is 0 Å². The molecule has 0 radical (unpaired) electrons. The van der Waals surface area contributed by atoms with Crippen molar-refractivity contribution >= 4 is 7.85 Å². The molecule has 0 bridgehead atoms. The van der Waals surface area contributed by atoms with Gasteiger partial charge in [0, 0.05) is 0 Å². The van der Waals surface area contributed by atoms with Crippen molar-refractivity contribution in [3.63, 3.8) is 0 Å². The summed E-state index contributed by atoms with van der Waals surface area (Å²) in [6.45, 7) is 2.27. The molecule has 0 aromatic heterocycles. The molecular weight excluding hydrogens is 131 g/mol. The zero-order valence-corrected chi connectivity index (χ0v) is 8.36. The fourth-order valence-corrected chi connectivity index (χ4v) is 1.38. The van der Waals surface area contributed by atoms with Gasteiger partial charge >= 0.3 is 0 Å². The normalized spacial score (nSPS) is 10.3. The van der Waals surface area contributed by atoms with Crippen molar-refractivity contribution in [3.8, 4) is 0 Å². The second-order valence-corrected chi connectivity index (χ2v) is 3.47. The maximum atomic E-state index is 2.27. The van der Waals surface area contributed by atoms with Crippen LogP contribution in [-0.2, 0) is 0 Å². The Balaban J connectivity index is 2.69. The Morgan fingerprint density at radius 3 is 1.64 bits per heavy atom. The van der Waals surface area contributed by atoms with Gasteiger partial charge in [0.05, 0.1) is 0 Å². The molecule has 1 heteroatoms. The van der Waals surface area contributed by atoms with Gasteiger partial charge in [-0.1, -0.05) is 64.6 Å². The molecule has 0 amide bonds. The Hall–Kier alpha value is 0.0649. The van der Waals surface area contributed by atoms with E-state index >= 15 is 0 Å². The first-order valence-corrected chi connectivity index (χ1v) is 5.41. The number of hydrogen-bond donors (Lipinski definition) is 0. The van der Waals surface area contributed by atoms with E-state index in [0.29, 0.717) is 0 Å². The van der Waals surface area contributed by atoms with Crippen LogP contribution in [0.15, 0.2) is 0 Å². The van der Waals surface area contributed by atoms with Gasteiger partial charge in [0.25, 0.3) is 0 Å². The minimum Gasteiger partial charge on any atom is -0.0811 e. The second kappa shape index (κ2) is 10.1. The zero-order chi connectivity index (χ0) is 8.36. The van der Waals surface area contributed by atoms with Gasteiger partial charge in [0.1, 0.15) is 7.85 Å². The van der Waals surface area contributed by atoms with E-state index < -0.39 is 0 Å². The first kappa shape index (κ1) is 11.1. The van der Waals surface area contributed by atoms with Gasteiger partial charge in [0.2, 0.25) is 0 Å². The molecule has 0 aliphatic carbocycles. The van der Waals surface area contributed by atoms with Crippen LogP contribution in [0.4, 0.5) is 0 Å².